The Morgan fingerprint density at radius 3 is 2.69 bits per heavy atom. The molecule has 3 heterocycles. The maximum atomic E-state index is 12.9. The molecule has 1 aromatic carbocycles. The molecule has 2 saturated heterocycles. The molecule has 6 nitrogen and oxygen atoms in total. The Bertz CT molecular complexity index is 834. The van der Waals surface area contributed by atoms with Crippen molar-refractivity contribution < 1.29 is 9.53 Å². The number of hydrogen-bond acceptors (Lipinski definition) is 5. The van der Waals surface area contributed by atoms with E-state index in [9.17, 15) is 4.79 Å². The number of benzene rings is 1. The van der Waals surface area contributed by atoms with Crippen LogP contribution in [0.1, 0.15) is 54.6 Å². The van der Waals surface area contributed by atoms with E-state index in [0.29, 0.717) is 30.5 Å². The third-order valence-corrected chi connectivity index (χ3v) is 6.20. The summed E-state index contributed by atoms with van der Waals surface area (Å²) in [6, 6.07) is 14.4. The highest BCUT2D eigenvalue weighted by atomic mass is 16.5. The van der Waals surface area contributed by atoms with E-state index in [1.54, 1.807) is 18.3 Å². The summed E-state index contributed by atoms with van der Waals surface area (Å²) >= 11 is 0. The van der Waals surface area contributed by atoms with E-state index in [0.717, 1.165) is 32.2 Å². The predicted octanol–water partition coefficient (Wildman–Crippen LogP) is 3.17. The van der Waals surface area contributed by atoms with Crippen LogP contribution in [0.2, 0.25) is 0 Å². The second kappa shape index (κ2) is 8.51. The monoisotopic (exact) mass is 394 g/mol. The van der Waals surface area contributed by atoms with Crippen molar-refractivity contribution in [2.45, 2.75) is 50.4 Å². The van der Waals surface area contributed by atoms with Crippen molar-refractivity contribution in [3.8, 4) is 0 Å². The number of aromatic nitrogens is 1. The van der Waals surface area contributed by atoms with Gasteiger partial charge in [0.25, 0.3) is 5.91 Å². The van der Waals surface area contributed by atoms with Gasteiger partial charge in [0.2, 0.25) is 0 Å². The van der Waals surface area contributed by atoms with Gasteiger partial charge in [0, 0.05) is 25.3 Å². The maximum Gasteiger partial charge on any atom is 0.257 e. The Morgan fingerprint density at radius 1 is 1.24 bits per heavy atom. The van der Waals surface area contributed by atoms with Gasteiger partial charge in [-0.05, 0) is 49.9 Å². The summed E-state index contributed by atoms with van der Waals surface area (Å²) in [6.07, 6.45) is 5.34. The zero-order valence-corrected chi connectivity index (χ0v) is 17.0. The Balaban J connectivity index is 1.48. The van der Waals surface area contributed by atoms with Gasteiger partial charge in [0.1, 0.15) is 5.82 Å². The van der Waals surface area contributed by atoms with E-state index in [-0.39, 0.29) is 17.6 Å². The van der Waals surface area contributed by atoms with Gasteiger partial charge in [-0.2, -0.15) is 0 Å². The topological polar surface area (TPSA) is 80.5 Å². The molecule has 1 spiro atoms. The van der Waals surface area contributed by atoms with E-state index in [4.69, 9.17) is 10.5 Å². The van der Waals surface area contributed by atoms with Gasteiger partial charge in [-0.25, -0.2) is 4.98 Å². The molecule has 2 aliphatic heterocycles. The minimum atomic E-state index is -0.192. The average molecular weight is 395 g/mol. The zero-order chi connectivity index (χ0) is 20.3. The van der Waals surface area contributed by atoms with E-state index >= 15 is 0 Å². The van der Waals surface area contributed by atoms with Crippen LogP contribution in [0.3, 0.4) is 0 Å². The summed E-state index contributed by atoms with van der Waals surface area (Å²) in [7, 11) is 0. The van der Waals surface area contributed by atoms with Crippen molar-refractivity contribution >= 4 is 11.7 Å². The first-order valence-corrected chi connectivity index (χ1v) is 10.6. The van der Waals surface area contributed by atoms with Gasteiger partial charge in [0.05, 0.1) is 17.3 Å². The minimum Gasteiger partial charge on any atom is -0.383 e. The quantitative estimate of drug-likeness (QED) is 0.833. The van der Waals surface area contributed by atoms with E-state index in [1.807, 2.05) is 11.0 Å². The Labute approximate surface area is 172 Å². The highest BCUT2D eigenvalue weighted by Crippen LogP contribution is 2.43. The number of anilines is 1. The molecule has 1 aromatic heterocycles. The largest absolute Gasteiger partial charge is 0.383 e. The Morgan fingerprint density at radius 2 is 2.00 bits per heavy atom. The fraction of sp³-hybridized carbons (Fsp3) is 0.478. The molecule has 0 aliphatic carbocycles. The van der Waals surface area contributed by atoms with E-state index < -0.39 is 0 Å². The second-order valence-electron chi connectivity index (χ2n) is 8.12. The SMILES string of the molecule is CCN[C@H]1C[C@@H](c2ccccc2)OC2(CCN(C(=O)c3cccnc3N)CC2)C1. The number of hydrogen-bond donors (Lipinski definition) is 2. The first-order chi connectivity index (χ1) is 14.1. The maximum absolute atomic E-state index is 12.9. The first-order valence-electron chi connectivity index (χ1n) is 10.6. The minimum absolute atomic E-state index is 0.0379. The Hall–Kier alpha value is -2.44. The molecule has 29 heavy (non-hydrogen) atoms. The van der Waals surface area contributed by atoms with Crippen molar-refractivity contribution in [3.05, 3.63) is 59.8 Å². The summed E-state index contributed by atoms with van der Waals surface area (Å²) in [6.45, 7) is 4.45. The molecule has 1 amide bonds. The van der Waals surface area contributed by atoms with Gasteiger partial charge in [-0.1, -0.05) is 37.3 Å². The molecular weight excluding hydrogens is 364 g/mol. The smallest absolute Gasteiger partial charge is 0.257 e. The number of carbonyl (C=O) groups excluding carboxylic acids is 1. The van der Waals surface area contributed by atoms with Crippen LogP contribution in [0.4, 0.5) is 5.82 Å². The summed E-state index contributed by atoms with van der Waals surface area (Å²) in [4.78, 5) is 18.8. The number of nitrogen functional groups attached to an aromatic ring is 1. The van der Waals surface area contributed by atoms with Gasteiger partial charge < -0.3 is 20.7 Å². The number of nitrogens with zero attached hydrogens (tertiary/aromatic N) is 2. The zero-order valence-electron chi connectivity index (χ0n) is 17.0. The number of nitrogens with one attached hydrogen (secondary N) is 1. The summed E-state index contributed by atoms with van der Waals surface area (Å²) in [5, 5.41) is 3.64. The molecule has 154 valence electrons. The first kappa shape index (κ1) is 19.9. The highest BCUT2D eigenvalue weighted by Gasteiger charge is 2.44. The molecule has 0 saturated carbocycles. The highest BCUT2D eigenvalue weighted by molar-refractivity contribution is 5.98. The van der Waals surface area contributed by atoms with Crippen LogP contribution in [0.25, 0.3) is 0 Å². The number of rotatable bonds is 4. The second-order valence-corrected chi connectivity index (χ2v) is 8.12. The summed E-state index contributed by atoms with van der Waals surface area (Å²) in [5.74, 6) is 0.257. The standard InChI is InChI=1S/C23H30N4O2/c1-2-25-18-15-20(17-7-4-3-5-8-17)29-23(16-18)10-13-27(14-11-23)22(28)19-9-6-12-26-21(19)24/h3-9,12,18,20,25H,2,10-11,13-16H2,1H3,(H2,24,26)/t18-,20-/m0/s1. The number of amides is 1. The van der Waals surface area contributed by atoms with Crippen LogP contribution in [-0.4, -0.2) is 47.1 Å². The molecule has 0 unspecified atom stereocenters. The number of nitrogens with two attached hydrogens (primary N) is 1. The van der Waals surface area contributed by atoms with Crippen LogP contribution in [-0.2, 0) is 4.74 Å². The molecule has 4 rings (SSSR count). The van der Waals surface area contributed by atoms with Crippen molar-refractivity contribution in [2.75, 3.05) is 25.4 Å². The van der Waals surface area contributed by atoms with Crippen LogP contribution in [0, 0.1) is 0 Å². The third-order valence-electron chi connectivity index (χ3n) is 6.20. The van der Waals surface area contributed by atoms with Crippen LogP contribution in [0.5, 0.6) is 0 Å². The molecule has 2 fully saturated rings. The molecular formula is C23H30N4O2. The average Bonchev–Trinajstić information content (AvgIpc) is 2.75. The lowest BCUT2D eigenvalue weighted by Gasteiger charge is -2.49. The van der Waals surface area contributed by atoms with E-state index in [1.165, 1.54) is 5.56 Å². The summed E-state index contributed by atoms with van der Waals surface area (Å²) in [5.41, 5.74) is 7.43. The Kier molecular flexibility index (Phi) is 5.83. The fourth-order valence-electron chi connectivity index (χ4n) is 4.71. The van der Waals surface area contributed by atoms with Gasteiger partial charge in [-0.3, -0.25) is 4.79 Å². The molecule has 3 N–H and O–H groups in total. The lowest BCUT2D eigenvalue weighted by Crippen LogP contribution is -2.54. The number of ether oxygens (including phenoxy) is 1. The predicted molar refractivity (Wildman–Crippen MR) is 113 cm³/mol. The third kappa shape index (κ3) is 4.28. The molecule has 2 aliphatic rings. The molecule has 0 radical (unpaired) electrons. The molecule has 2 aromatic rings. The van der Waals surface area contributed by atoms with Crippen molar-refractivity contribution in [3.63, 3.8) is 0 Å². The van der Waals surface area contributed by atoms with Crippen LogP contribution >= 0.6 is 0 Å². The lowest BCUT2D eigenvalue weighted by atomic mass is 9.79. The molecule has 6 heteroatoms. The van der Waals surface area contributed by atoms with Gasteiger partial charge >= 0.3 is 0 Å². The number of pyridine rings is 1. The van der Waals surface area contributed by atoms with Crippen molar-refractivity contribution in [1.82, 2.24) is 15.2 Å². The molecule has 0 bridgehead atoms. The lowest BCUT2D eigenvalue weighted by molar-refractivity contribution is -0.160. The normalized spacial score (nSPS) is 23.8. The number of piperidine rings is 1. The van der Waals surface area contributed by atoms with Crippen LogP contribution in [0.15, 0.2) is 48.7 Å². The number of carbonyl (C=O) groups is 1. The fourth-order valence-corrected chi connectivity index (χ4v) is 4.71. The molecule has 2 atom stereocenters. The van der Waals surface area contributed by atoms with Gasteiger partial charge in [-0.15, -0.1) is 0 Å². The van der Waals surface area contributed by atoms with Crippen molar-refractivity contribution in [1.29, 1.82) is 0 Å². The van der Waals surface area contributed by atoms with E-state index in [2.05, 4.69) is 41.5 Å². The number of likely N-dealkylation sites (tertiary alicyclic amines) is 1. The summed E-state index contributed by atoms with van der Waals surface area (Å²) < 4.78 is 6.72. The van der Waals surface area contributed by atoms with Gasteiger partial charge in [0.15, 0.2) is 0 Å². The van der Waals surface area contributed by atoms with Crippen molar-refractivity contribution in [2.24, 2.45) is 0 Å². The van der Waals surface area contributed by atoms with Crippen LogP contribution < -0.4 is 11.1 Å².